The standard InChI is InChI=1S/C12H13ClFNS/c1-2-7-16-8-6-15-9-10-4-3-5-11(13)12(10)14/h1,3-5,15H,6-9H2. The van der Waals surface area contributed by atoms with Crippen molar-refractivity contribution in [2.75, 3.05) is 18.1 Å². The maximum atomic E-state index is 13.4. The van der Waals surface area contributed by atoms with Gasteiger partial charge >= 0.3 is 0 Å². The van der Waals surface area contributed by atoms with Gasteiger partial charge in [-0.1, -0.05) is 29.7 Å². The lowest BCUT2D eigenvalue weighted by Gasteiger charge is -2.06. The Morgan fingerprint density at radius 3 is 3.06 bits per heavy atom. The molecule has 0 spiro atoms. The zero-order valence-electron chi connectivity index (χ0n) is 8.80. The van der Waals surface area contributed by atoms with Gasteiger partial charge in [-0.3, -0.25) is 0 Å². The van der Waals surface area contributed by atoms with Gasteiger partial charge in [0, 0.05) is 24.4 Å². The molecule has 0 radical (unpaired) electrons. The molecule has 0 aliphatic carbocycles. The van der Waals surface area contributed by atoms with Crippen LogP contribution in [0, 0.1) is 18.2 Å². The van der Waals surface area contributed by atoms with Gasteiger partial charge in [0.2, 0.25) is 0 Å². The number of halogens is 2. The van der Waals surface area contributed by atoms with Crippen molar-refractivity contribution in [1.29, 1.82) is 0 Å². The van der Waals surface area contributed by atoms with Crippen LogP contribution in [0.15, 0.2) is 18.2 Å². The van der Waals surface area contributed by atoms with Crippen LogP contribution in [-0.2, 0) is 6.54 Å². The molecule has 0 saturated heterocycles. The van der Waals surface area contributed by atoms with Crippen molar-refractivity contribution < 1.29 is 4.39 Å². The Morgan fingerprint density at radius 1 is 1.50 bits per heavy atom. The summed E-state index contributed by atoms with van der Waals surface area (Å²) in [4.78, 5) is 0. The maximum Gasteiger partial charge on any atom is 0.146 e. The van der Waals surface area contributed by atoms with Crippen LogP contribution >= 0.6 is 23.4 Å². The zero-order chi connectivity index (χ0) is 11.8. The molecule has 0 heterocycles. The maximum absolute atomic E-state index is 13.4. The van der Waals surface area contributed by atoms with Gasteiger partial charge in [0.15, 0.2) is 0 Å². The number of hydrogen-bond donors (Lipinski definition) is 1. The van der Waals surface area contributed by atoms with Gasteiger partial charge in [-0.05, 0) is 6.07 Å². The number of thioether (sulfide) groups is 1. The second-order valence-electron chi connectivity index (χ2n) is 3.15. The summed E-state index contributed by atoms with van der Waals surface area (Å²) in [6.07, 6.45) is 5.12. The predicted octanol–water partition coefficient (Wildman–Crippen LogP) is 2.94. The molecule has 1 aromatic rings. The summed E-state index contributed by atoms with van der Waals surface area (Å²) in [5.41, 5.74) is 0.592. The first-order valence-corrected chi connectivity index (χ1v) is 6.43. The molecule has 1 N–H and O–H groups in total. The molecule has 0 bridgehead atoms. The van der Waals surface area contributed by atoms with E-state index in [-0.39, 0.29) is 10.8 Å². The van der Waals surface area contributed by atoms with Gasteiger partial charge in [0.25, 0.3) is 0 Å². The van der Waals surface area contributed by atoms with Crippen molar-refractivity contribution in [3.05, 3.63) is 34.6 Å². The van der Waals surface area contributed by atoms with Gasteiger partial charge in [-0.25, -0.2) is 4.39 Å². The van der Waals surface area contributed by atoms with Gasteiger partial charge in [-0.2, -0.15) is 0 Å². The molecule has 1 aromatic carbocycles. The Kier molecular flexibility index (Phi) is 6.32. The number of rotatable bonds is 6. The van der Waals surface area contributed by atoms with Crippen LogP contribution in [-0.4, -0.2) is 18.1 Å². The second kappa shape index (κ2) is 7.56. The van der Waals surface area contributed by atoms with E-state index in [0.29, 0.717) is 17.9 Å². The molecule has 0 fully saturated rings. The normalized spacial score (nSPS) is 10.1. The summed E-state index contributed by atoms with van der Waals surface area (Å²) in [7, 11) is 0. The van der Waals surface area contributed by atoms with E-state index in [9.17, 15) is 4.39 Å². The van der Waals surface area contributed by atoms with Crippen LogP contribution in [0.25, 0.3) is 0 Å². The minimum atomic E-state index is -0.340. The summed E-state index contributed by atoms with van der Waals surface area (Å²) < 4.78 is 13.4. The molecular formula is C12H13ClFNS. The van der Waals surface area contributed by atoms with Crippen molar-refractivity contribution in [2.24, 2.45) is 0 Å². The monoisotopic (exact) mass is 257 g/mol. The molecule has 0 amide bonds. The van der Waals surface area contributed by atoms with E-state index in [0.717, 1.165) is 12.3 Å². The lowest BCUT2D eigenvalue weighted by Crippen LogP contribution is -2.17. The third-order valence-corrected chi connectivity index (χ3v) is 3.11. The van der Waals surface area contributed by atoms with Crippen LogP contribution in [0.4, 0.5) is 4.39 Å². The van der Waals surface area contributed by atoms with E-state index >= 15 is 0 Å². The minimum absolute atomic E-state index is 0.168. The lowest BCUT2D eigenvalue weighted by molar-refractivity contribution is 0.594. The van der Waals surface area contributed by atoms with E-state index in [1.54, 1.807) is 30.0 Å². The average molecular weight is 258 g/mol. The lowest BCUT2D eigenvalue weighted by atomic mass is 10.2. The Hall–Kier alpha value is -0.690. The summed E-state index contributed by atoms with van der Waals surface area (Å²) in [5.74, 6) is 3.85. The summed E-state index contributed by atoms with van der Waals surface area (Å²) >= 11 is 7.34. The Labute approximate surface area is 105 Å². The van der Waals surface area contributed by atoms with Crippen molar-refractivity contribution in [1.82, 2.24) is 5.32 Å². The molecule has 4 heteroatoms. The van der Waals surface area contributed by atoms with E-state index < -0.39 is 0 Å². The number of benzene rings is 1. The summed E-state index contributed by atoms with van der Waals surface area (Å²) in [6.45, 7) is 1.29. The van der Waals surface area contributed by atoms with Crippen molar-refractivity contribution >= 4 is 23.4 Å². The quantitative estimate of drug-likeness (QED) is 0.621. The molecule has 1 rings (SSSR count). The first kappa shape index (κ1) is 13.4. The highest BCUT2D eigenvalue weighted by atomic mass is 35.5. The average Bonchev–Trinajstić information content (AvgIpc) is 2.29. The smallest absolute Gasteiger partial charge is 0.146 e. The molecule has 16 heavy (non-hydrogen) atoms. The first-order valence-electron chi connectivity index (χ1n) is 4.90. The Bertz CT molecular complexity index is 376. The molecule has 1 nitrogen and oxygen atoms in total. The summed E-state index contributed by atoms with van der Waals surface area (Å²) in [5, 5.41) is 3.31. The topological polar surface area (TPSA) is 12.0 Å². The minimum Gasteiger partial charge on any atom is -0.312 e. The molecular weight excluding hydrogens is 245 g/mol. The fourth-order valence-electron chi connectivity index (χ4n) is 1.18. The SMILES string of the molecule is C#CCSCCNCc1cccc(Cl)c1F. The van der Waals surface area contributed by atoms with Crippen LogP contribution < -0.4 is 5.32 Å². The number of terminal acetylenes is 1. The van der Waals surface area contributed by atoms with Gasteiger partial charge in [0.05, 0.1) is 10.8 Å². The highest BCUT2D eigenvalue weighted by molar-refractivity contribution is 7.99. The fourth-order valence-corrected chi connectivity index (χ4v) is 1.93. The van der Waals surface area contributed by atoms with E-state index in [2.05, 4.69) is 11.2 Å². The van der Waals surface area contributed by atoms with Crippen molar-refractivity contribution in [2.45, 2.75) is 6.54 Å². The van der Waals surface area contributed by atoms with Crippen LogP contribution in [0.1, 0.15) is 5.56 Å². The molecule has 0 aliphatic heterocycles. The molecule has 0 aliphatic rings. The van der Waals surface area contributed by atoms with Crippen LogP contribution in [0.3, 0.4) is 0 Å². The van der Waals surface area contributed by atoms with E-state index in [4.69, 9.17) is 18.0 Å². The fraction of sp³-hybridized carbons (Fsp3) is 0.333. The highest BCUT2D eigenvalue weighted by Crippen LogP contribution is 2.17. The van der Waals surface area contributed by atoms with Crippen LogP contribution in [0.2, 0.25) is 5.02 Å². The highest BCUT2D eigenvalue weighted by Gasteiger charge is 2.04. The van der Waals surface area contributed by atoms with Crippen molar-refractivity contribution in [3.8, 4) is 12.3 Å². The second-order valence-corrected chi connectivity index (χ2v) is 4.66. The Balaban J connectivity index is 2.27. The first-order chi connectivity index (χ1) is 7.75. The number of hydrogen-bond acceptors (Lipinski definition) is 2. The van der Waals surface area contributed by atoms with Crippen molar-refractivity contribution in [3.63, 3.8) is 0 Å². The Morgan fingerprint density at radius 2 is 2.31 bits per heavy atom. The van der Waals surface area contributed by atoms with Gasteiger partial charge in [-0.15, -0.1) is 18.2 Å². The molecule has 0 unspecified atom stereocenters. The summed E-state index contributed by atoms with van der Waals surface area (Å²) in [6, 6.07) is 5.02. The third-order valence-electron chi connectivity index (χ3n) is 1.96. The van der Waals surface area contributed by atoms with Gasteiger partial charge in [0.1, 0.15) is 5.82 Å². The zero-order valence-corrected chi connectivity index (χ0v) is 10.4. The van der Waals surface area contributed by atoms with E-state index in [1.807, 2.05) is 0 Å². The predicted molar refractivity (Wildman–Crippen MR) is 69.3 cm³/mol. The number of nitrogens with one attached hydrogen (secondary N) is 1. The largest absolute Gasteiger partial charge is 0.312 e. The van der Waals surface area contributed by atoms with Crippen LogP contribution in [0.5, 0.6) is 0 Å². The van der Waals surface area contributed by atoms with Gasteiger partial charge < -0.3 is 5.32 Å². The van der Waals surface area contributed by atoms with E-state index in [1.165, 1.54) is 0 Å². The molecule has 0 aromatic heterocycles. The molecule has 0 saturated carbocycles. The third kappa shape index (κ3) is 4.44. The molecule has 0 atom stereocenters. The molecule has 86 valence electrons.